The van der Waals surface area contributed by atoms with Crippen molar-refractivity contribution in [2.75, 3.05) is 0 Å². The van der Waals surface area contributed by atoms with Crippen LogP contribution in [0.25, 0.3) is 0 Å². The summed E-state index contributed by atoms with van der Waals surface area (Å²) in [5.41, 5.74) is 0.912. The van der Waals surface area contributed by atoms with Crippen molar-refractivity contribution >= 4 is 0 Å². The van der Waals surface area contributed by atoms with Crippen LogP contribution >= 0.6 is 0 Å². The van der Waals surface area contributed by atoms with Crippen molar-refractivity contribution in [2.24, 2.45) is 0 Å². The Hall–Kier alpha value is -0.780. The molecular weight excluding hydrogens is 108 g/mol. The fourth-order valence-corrected chi connectivity index (χ4v) is 0.723. The molecule has 0 bridgehead atoms. The summed E-state index contributed by atoms with van der Waals surface area (Å²) >= 11 is 0. The van der Waals surface area contributed by atoms with Gasteiger partial charge in [-0.3, -0.25) is 0 Å². The zero-order valence-electron chi connectivity index (χ0n) is 7.59. The van der Waals surface area contributed by atoms with E-state index in [1.807, 2.05) is 30.3 Å². The summed E-state index contributed by atoms with van der Waals surface area (Å²) in [5, 5.41) is 0. The number of hydrogen-bond donors (Lipinski definition) is 0. The van der Waals surface area contributed by atoms with Gasteiger partial charge in [0.2, 0.25) is 0 Å². The average Bonchev–Trinajstić information content (AvgIpc) is 2.06. The lowest BCUT2D eigenvalue weighted by Crippen LogP contribution is -1.83. The third-order valence-corrected chi connectivity index (χ3v) is 1.27. The summed E-state index contributed by atoms with van der Waals surface area (Å²) in [4.78, 5) is 0. The van der Waals surface area contributed by atoms with Gasteiger partial charge < -0.3 is 0 Å². The first-order valence-corrected chi connectivity index (χ1v) is 3.01. The van der Waals surface area contributed by atoms with Gasteiger partial charge in [0.05, 0.1) is 0 Å². The highest BCUT2D eigenvalue weighted by atomic mass is 14.0. The average molecular weight is 122 g/mol. The monoisotopic (exact) mass is 122 g/mol. The van der Waals surface area contributed by atoms with Gasteiger partial charge in [-0.1, -0.05) is 44.2 Å². The molecule has 1 atom stereocenters. The number of benzene rings is 1. The lowest BCUT2D eigenvalue weighted by atomic mass is 10.0. The van der Waals surface area contributed by atoms with Crippen molar-refractivity contribution in [1.82, 2.24) is 0 Å². The molecule has 0 aromatic heterocycles. The quantitative estimate of drug-likeness (QED) is 0.537. The summed E-state index contributed by atoms with van der Waals surface area (Å²) < 4.78 is 14.9. The van der Waals surface area contributed by atoms with E-state index in [-0.39, 0.29) is 6.90 Å². The van der Waals surface area contributed by atoms with E-state index in [0.29, 0.717) is 0 Å². The van der Waals surface area contributed by atoms with Gasteiger partial charge >= 0.3 is 0 Å². The predicted molar refractivity (Wildman–Crippen MR) is 40.5 cm³/mol. The van der Waals surface area contributed by atoms with E-state index in [2.05, 4.69) is 0 Å². The van der Waals surface area contributed by atoms with Crippen LogP contribution < -0.4 is 0 Å². The summed E-state index contributed by atoms with van der Waals surface area (Å²) in [7, 11) is 0. The molecule has 0 radical (unpaired) electrons. The Morgan fingerprint density at radius 3 is 2.67 bits per heavy atom. The van der Waals surface area contributed by atoms with E-state index in [1.54, 1.807) is 6.92 Å². The van der Waals surface area contributed by atoms with Crippen molar-refractivity contribution in [3.8, 4) is 0 Å². The van der Waals surface area contributed by atoms with Gasteiger partial charge in [-0.2, -0.15) is 0 Å². The maximum atomic E-state index is 7.73. The fourth-order valence-electron chi connectivity index (χ4n) is 0.723. The molecule has 1 aromatic rings. The van der Waals surface area contributed by atoms with E-state index in [1.165, 1.54) is 0 Å². The Bertz CT molecular complexity index is 216. The lowest BCUT2D eigenvalue weighted by molar-refractivity contribution is 0.867. The Morgan fingerprint density at radius 2 is 2.11 bits per heavy atom. The topological polar surface area (TPSA) is 0 Å². The molecule has 0 aliphatic rings. The molecule has 48 valence electrons. The van der Waals surface area contributed by atoms with Crippen LogP contribution in [0, 0.1) is 0 Å². The number of hydrogen-bond acceptors (Lipinski definition) is 0. The first-order valence-electron chi connectivity index (χ1n) is 4.22. The molecule has 0 heterocycles. The van der Waals surface area contributed by atoms with E-state index in [9.17, 15) is 0 Å². The van der Waals surface area contributed by atoms with Crippen LogP contribution in [-0.2, 0) is 0 Å². The van der Waals surface area contributed by atoms with Gasteiger partial charge in [0.1, 0.15) is 0 Å². The highest BCUT2D eigenvalue weighted by Gasteiger charge is 1.93. The number of rotatable bonds is 1. The maximum Gasteiger partial charge on any atom is 0.0347 e. The van der Waals surface area contributed by atoms with Crippen LogP contribution in [0.1, 0.15) is 28.0 Å². The van der Waals surface area contributed by atoms with Crippen molar-refractivity contribution in [3.63, 3.8) is 0 Å². The molecule has 9 heavy (non-hydrogen) atoms. The van der Waals surface area contributed by atoms with E-state index >= 15 is 0 Å². The molecule has 0 spiro atoms. The van der Waals surface area contributed by atoms with Gasteiger partial charge in [0.15, 0.2) is 0 Å². The summed E-state index contributed by atoms with van der Waals surface area (Å²) in [5.74, 6) is -0.749. The fraction of sp³-hybridized carbons (Fsp3) is 0.333. The van der Waals surface area contributed by atoms with Gasteiger partial charge in [-0.15, -0.1) is 0 Å². The minimum atomic E-state index is -0.749. The van der Waals surface area contributed by atoms with Gasteiger partial charge in [0.25, 0.3) is 0 Å². The molecule has 0 amide bonds. The molecule has 0 fully saturated rings. The van der Waals surface area contributed by atoms with E-state index in [0.717, 1.165) is 5.56 Å². The van der Waals surface area contributed by atoms with Crippen LogP contribution in [0.2, 0.25) is 0 Å². The lowest BCUT2D eigenvalue weighted by Gasteiger charge is -2.01. The largest absolute Gasteiger partial charge is 0.0622 e. The summed E-state index contributed by atoms with van der Waals surface area (Å²) in [6.45, 7) is 1.87. The first kappa shape index (κ1) is 4.10. The summed E-state index contributed by atoms with van der Waals surface area (Å²) in [6, 6.07) is 9.50. The zero-order valence-corrected chi connectivity index (χ0v) is 5.59. The second-order valence-electron chi connectivity index (χ2n) is 2.15. The molecule has 1 unspecified atom stereocenters. The van der Waals surface area contributed by atoms with E-state index in [4.69, 9.17) is 2.74 Å². The molecule has 0 nitrogen and oxygen atoms in total. The minimum Gasteiger partial charge on any atom is -0.0622 e. The van der Waals surface area contributed by atoms with Gasteiger partial charge in [-0.25, -0.2) is 0 Å². The van der Waals surface area contributed by atoms with Gasteiger partial charge in [0, 0.05) is 2.74 Å². The third-order valence-electron chi connectivity index (χ3n) is 1.27. The molecule has 0 N–H and O–H groups in total. The molecule has 0 aliphatic heterocycles. The normalized spacial score (nSPS) is 19.7. The van der Waals surface area contributed by atoms with Crippen molar-refractivity contribution in [3.05, 3.63) is 35.9 Å². The third kappa shape index (κ3) is 1.56. The zero-order chi connectivity index (χ0) is 8.32. The SMILES string of the molecule is [2H]CC([2H])(C)c1ccccc1. The van der Waals surface area contributed by atoms with Crippen molar-refractivity contribution < 1.29 is 2.74 Å². The molecule has 0 saturated heterocycles. The van der Waals surface area contributed by atoms with Crippen molar-refractivity contribution in [2.45, 2.75) is 19.7 Å². The smallest absolute Gasteiger partial charge is 0.0347 e. The molecule has 1 aromatic carbocycles. The minimum absolute atomic E-state index is 0.108. The second kappa shape index (κ2) is 2.67. The first-order chi connectivity index (χ1) is 5.17. The second-order valence-corrected chi connectivity index (χ2v) is 2.15. The summed E-state index contributed by atoms with van der Waals surface area (Å²) in [6.07, 6.45) is 0. The van der Waals surface area contributed by atoms with Gasteiger partial charge in [-0.05, 0) is 11.5 Å². The van der Waals surface area contributed by atoms with Crippen molar-refractivity contribution in [1.29, 1.82) is 0 Å². The van der Waals surface area contributed by atoms with Crippen LogP contribution in [0.15, 0.2) is 30.3 Å². The maximum absolute atomic E-state index is 7.73. The molecule has 0 saturated carbocycles. The predicted octanol–water partition coefficient (Wildman–Crippen LogP) is 2.81. The molecular formula is C9H12. The molecule has 0 aliphatic carbocycles. The Kier molecular flexibility index (Phi) is 1.22. The van der Waals surface area contributed by atoms with Crippen LogP contribution in [0.5, 0.6) is 0 Å². The van der Waals surface area contributed by atoms with Crippen LogP contribution in [-0.4, -0.2) is 0 Å². The van der Waals surface area contributed by atoms with E-state index < -0.39 is 5.89 Å². The highest BCUT2D eigenvalue weighted by Crippen LogP contribution is 2.11. The Morgan fingerprint density at radius 1 is 1.44 bits per heavy atom. The highest BCUT2D eigenvalue weighted by molar-refractivity contribution is 5.17. The molecule has 1 rings (SSSR count). The Labute approximate surface area is 59.3 Å². The van der Waals surface area contributed by atoms with Crippen LogP contribution in [0.3, 0.4) is 0 Å². The molecule has 0 heteroatoms. The standard InChI is InChI=1S/C9H12/c1-8(2)9-6-4-3-5-7-9/h3-8H,1-2H3/i1D,8D. The Balaban J connectivity index is 2.93. The van der Waals surface area contributed by atoms with Crippen LogP contribution in [0.4, 0.5) is 0 Å².